The Morgan fingerprint density at radius 2 is 2.14 bits per heavy atom. The van der Waals surface area contributed by atoms with Gasteiger partial charge in [0, 0.05) is 17.8 Å². The number of nitrogens with two attached hydrogens (primary N) is 1. The number of rotatable bonds is 6. The van der Waals surface area contributed by atoms with E-state index in [4.69, 9.17) is 10.5 Å². The van der Waals surface area contributed by atoms with E-state index in [-0.39, 0.29) is 16.4 Å². The third-order valence-corrected chi connectivity index (χ3v) is 4.32. The molecule has 0 aliphatic heterocycles. The van der Waals surface area contributed by atoms with E-state index in [1.54, 1.807) is 6.07 Å². The quantitative estimate of drug-likeness (QED) is 0.704. The number of aryl methyl sites for hydroxylation is 1. The van der Waals surface area contributed by atoms with Gasteiger partial charge in [-0.2, -0.15) is 5.10 Å². The van der Waals surface area contributed by atoms with E-state index >= 15 is 0 Å². The first-order chi connectivity index (χ1) is 9.96. The van der Waals surface area contributed by atoms with Crippen molar-refractivity contribution in [1.29, 1.82) is 0 Å². The minimum Gasteiger partial charge on any atom is -0.497 e. The Morgan fingerprint density at radius 3 is 2.76 bits per heavy atom. The van der Waals surface area contributed by atoms with Crippen LogP contribution < -0.4 is 15.2 Å². The maximum atomic E-state index is 12.3. The van der Waals surface area contributed by atoms with Crippen molar-refractivity contribution in [2.75, 3.05) is 17.6 Å². The van der Waals surface area contributed by atoms with Crippen molar-refractivity contribution in [2.45, 2.75) is 24.7 Å². The lowest BCUT2D eigenvalue weighted by atomic mass is 10.2. The molecule has 0 aliphatic rings. The minimum absolute atomic E-state index is 0.0108. The first-order valence-electron chi connectivity index (χ1n) is 6.47. The molecule has 0 saturated heterocycles. The van der Waals surface area contributed by atoms with E-state index in [1.165, 1.54) is 25.3 Å². The molecule has 7 nitrogen and oxygen atoms in total. The molecular formula is C13H18N4O3S. The molecule has 0 unspecified atom stereocenters. The lowest BCUT2D eigenvalue weighted by Gasteiger charge is -2.09. The van der Waals surface area contributed by atoms with Crippen LogP contribution in [0.1, 0.15) is 19.0 Å². The van der Waals surface area contributed by atoms with Crippen LogP contribution in [0.25, 0.3) is 0 Å². The van der Waals surface area contributed by atoms with Gasteiger partial charge in [0.15, 0.2) is 5.82 Å². The summed E-state index contributed by atoms with van der Waals surface area (Å²) in [6.07, 6.45) is 1.75. The van der Waals surface area contributed by atoms with Crippen LogP contribution in [0.15, 0.2) is 29.2 Å². The summed E-state index contributed by atoms with van der Waals surface area (Å²) in [5, 5.41) is 6.71. The SMILES string of the molecule is CCCc1cc(NS(=O)(=O)c2ccc(OC)cc2N)n[nH]1. The summed E-state index contributed by atoms with van der Waals surface area (Å²) in [6.45, 7) is 2.03. The molecule has 8 heteroatoms. The Hall–Kier alpha value is -2.22. The number of benzene rings is 1. The van der Waals surface area contributed by atoms with Crippen LogP contribution in [0, 0.1) is 0 Å². The van der Waals surface area contributed by atoms with Gasteiger partial charge in [0.1, 0.15) is 10.6 Å². The van der Waals surface area contributed by atoms with Crippen molar-refractivity contribution in [3.63, 3.8) is 0 Å². The molecule has 1 aromatic heterocycles. The van der Waals surface area contributed by atoms with Crippen LogP contribution in [0.3, 0.4) is 0 Å². The molecule has 4 N–H and O–H groups in total. The van der Waals surface area contributed by atoms with Crippen LogP contribution in [-0.4, -0.2) is 25.7 Å². The molecular weight excluding hydrogens is 292 g/mol. The monoisotopic (exact) mass is 310 g/mol. The van der Waals surface area contributed by atoms with Crippen LogP contribution in [0.4, 0.5) is 11.5 Å². The molecule has 0 aliphatic carbocycles. The van der Waals surface area contributed by atoms with Gasteiger partial charge in [0.05, 0.1) is 12.8 Å². The zero-order valence-corrected chi connectivity index (χ0v) is 12.7. The number of aromatic amines is 1. The fourth-order valence-corrected chi connectivity index (χ4v) is 3.01. The lowest BCUT2D eigenvalue weighted by molar-refractivity contribution is 0.414. The van der Waals surface area contributed by atoms with E-state index in [0.717, 1.165) is 18.5 Å². The predicted octanol–water partition coefficient (Wildman–Crippen LogP) is 1.75. The second kappa shape index (κ2) is 6.04. The third-order valence-electron chi connectivity index (χ3n) is 2.90. The zero-order chi connectivity index (χ0) is 15.5. The van der Waals surface area contributed by atoms with Crippen molar-refractivity contribution in [2.24, 2.45) is 0 Å². The first-order valence-corrected chi connectivity index (χ1v) is 7.95. The van der Waals surface area contributed by atoms with Crippen LogP contribution in [0.5, 0.6) is 5.75 Å². The third kappa shape index (κ3) is 3.46. The van der Waals surface area contributed by atoms with E-state index in [9.17, 15) is 8.42 Å². The number of hydrogen-bond donors (Lipinski definition) is 3. The molecule has 0 bridgehead atoms. The predicted molar refractivity (Wildman–Crippen MR) is 80.8 cm³/mol. The van der Waals surface area contributed by atoms with E-state index in [0.29, 0.717) is 5.75 Å². The average Bonchev–Trinajstić information content (AvgIpc) is 2.85. The maximum absolute atomic E-state index is 12.3. The number of nitrogens with zero attached hydrogens (tertiary/aromatic N) is 1. The molecule has 0 spiro atoms. The second-order valence-electron chi connectivity index (χ2n) is 4.54. The Bertz CT molecular complexity index is 725. The number of aromatic nitrogens is 2. The van der Waals surface area contributed by atoms with Gasteiger partial charge in [-0.1, -0.05) is 13.3 Å². The molecule has 1 heterocycles. The highest BCUT2D eigenvalue weighted by Gasteiger charge is 2.19. The number of H-pyrrole nitrogens is 1. The summed E-state index contributed by atoms with van der Waals surface area (Å²) in [5.41, 5.74) is 6.75. The largest absolute Gasteiger partial charge is 0.497 e. The number of hydrogen-bond acceptors (Lipinski definition) is 5. The van der Waals surface area contributed by atoms with Crippen molar-refractivity contribution < 1.29 is 13.2 Å². The Kier molecular flexibility index (Phi) is 4.37. The molecule has 1 aromatic carbocycles. The fourth-order valence-electron chi connectivity index (χ4n) is 1.90. The van der Waals surface area contributed by atoms with E-state index < -0.39 is 10.0 Å². The van der Waals surface area contributed by atoms with E-state index in [2.05, 4.69) is 14.9 Å². The van der Waals surface area contributed by atoms with E-state index in [1.807, 2.05) is 6.92 Å². The normalized spacial score (nSPS) is 11.3. The van der Waals surface area contributed by atoms with Crippen molar-refractivity contribution in [3.05, 3.63) is 30.0 Å². The van der Waals surface area contributed by atoms with Gasteiger partial charge in [-0.3, -0.25) is 9.82 Å². The highest BCUT2D eigenvalue weighted by atomic mass is 32.2. The summed E-state index contributed by atoms with van der Waals surface area (Å²) >= 11 is 0. The molecule has 0 radical (unpaired) electrons. The minimum atomic E-state index is -3.78. The van der Waals surface area contributed by atoms with Gasteiger partial charge in [-0.25, -0.2) is 8.42 Å². The molecule has 0 atom stereocenters. The average molecular weight is 310 g/mol. The van der Waals surface area contributed by atoms with Crippen molar-refractivity contribution >= 4 is 21.5 Å². The Balaban J connectivity index is 2.25. The van der Waals surface area contributed by atoms with Crippen molar-refractivity contribution in [3.8, 4) is 5.75 Å². The second-order valence-corrected chi connectivity index (χ2v) is 6.19. The van der Waals surface area contributed by atoms with Gasteiger partial charge in [0.25, 0.3) is 10.0 Å². The van der Waals surface area contributed by atoms with Gasteiger partial charge >= 0.3 is 0 Å². The van der Waals surface area contributed by atoms with Gasteiger partial charge < -0.3 is 10.5 Å². The van der Waals surface area contributed by atoms with Gasteiger partial charge in [0.2, 0.25) is 0 Å². The van der Waals surface area contributed by atoms with Crippen molar-refractivity contribution in [1.82, 2.24) is 10.2 Å². The number of nitrogen functional groups attached to an aromatic ring is 1. The number of nitrogens with one attached hydrogen (secondary N) is 2. The highest BCUT2D eigenvalue weighted by molar-refractivity contribution is 7.92. The molecule has 2 rings (SSSR count). The first kappa shape index (κ1) is 15.2. The number of anilines is 2. The smallest absolute Gasteiger partial charge is 0.265 e. The van der Waals surface area contributed by atoms with Crippen LogP contribution in [-0.2, 0) is 16.4 Å². The van der Waals surface area contributed by atoms with Crippen LogP contribution >= 0.6 is 0 Å². The lowest BCUT2D eigenvalue weighted by Crippen LogP contribution is -2.15. The zero-order valence-electron chi connectivity index (χ0n) is 11.9. The molecule has 0 saturated carbocycles. The molecule has 114 valence electrons. The Morgan fingerprint density at radius 1 is 1.38 bits per heavy atom. The van der Waals surface area contributed by atoms with Gasteiger partial charge in [-0.05, 0) is 18.6 Å². The summed E-state index contributed by atoms with van der Waals surface area (Å²) in [7, 11) is -2.30. The molecule has 21 heavy (non-hydrogen) atoms. The molecule has 0 fully saturated rings. The number of sulfonamides is 1. The highest BCUT2D eigenvalue weighted by Crippen LogP contribution is 2.25. The van der Waals surface area contributed by atoms with Gasteiger partial charge in [-0.15, -0.1) is 0 Å². The summed E-state index contributed by atoms with van der Waals surface area (Å²) in [5.74, 6) is 0.741. The number of methoxy groups -OCH3 is 1. The standard InChI is InChI=1S/C13H18N4O3S/c1-3-4-9-7-13(16-15-9)17-21(18,19)12-6-5-10(20-2)8-11(12)14/h5-8H,3-4,14H2,1-2H3,(H2,15,16,17). The topological polar surface area (TPSA) is 110 Å². The summed E-state index contributed by atoms with van der Waals surface area (Å²) in [6, 6.07) is 6.07. The number of ether oxygens (including phenoxy) is 1. The summed E-state index contributed by atoms with van der Waals surface area (Å²) < 4.78 is 32.0. The molecule has 2 aromatic rings. The fraction of sp³-hybridized carbons (Fsp3) is 0.308. The summed E-state index contributed by atoms with van der Waals surface area (Å²) in [4.78, 5) is -0.0108. The van der Waals surface area contributed by atoms with Crippen LogP contribution in [0.2, 0.25) is 0 Å². The molecule has 0 amide bonds. The maximum Gasteiger partial charge on any atom is 0.265 e. The Labute approximate surface area is 123 Å².